The molecule has 172 valence electrons. The maximum atomic E-state index is 11.6. The molecule has 10 nitrogen and oxygen atoms in total. The smallest absolute Gasteiger partial charge is 0.475 e. The van der Waals surface area contributed by atoms with Crippen molar-refractivity contribution < 1.29 is 37.1 Å². The molecule has 1 unspecified atom stereocenters. The number of carbonyl (C=O) groups excluding carboxylic acids is 1. The van der Waals surface area contributed by atoms with Crippen molar-refractivity contribution in [1.29, 1.82) is 0 Å². The Hall–Kier alpha value is -2.93. The van der Waals surface area contributed by atoms with Gasteiger partial charge in [-0.2, -0.15) is 18.3 Å². The fraction of sp³-hybridized carbons (Fsp3) is 0.556. The summed E-state index contributed by atoms with van der Waals surface area (Å²) in [6, 6.07) is 3.99. The molecule has 0 radical (unpaired) electrons. The normalized spacial score (nSPS) is 16.6. The average molecular weight is 447 g/mol. The van der Waals surface area contributed by atoms with Crippen LogP contribution >= 0.6 is 0 Å². The van der Waals surface area contributed by atoms with Crippen molar-refractivity contribution in [3.05, 3.63) is 35.5 Å². The van der Waals surface area contributed by atoms with Gasteiger partial charge in [-0.25, -0.2) is 4.79 Å². The van der Waals surface area contributed by atoms with E-state index in [1.54, 1.807) is 0 Å². The molecule has 0 aromatic carbocycles. The number of rotatable bonds is 6. The topological polar surface area (TPSA) is 123 Å². The van der Waals surface area contributed by atoms with E-state index in [1.807, 2.05) is 29.9 Å². The molecule has 3 heterocycles. The first-order chi connectivity index (χ1) is 14.6. The third-order valence-electron chi connectivity index (χ3n) is 4.31. The molecular weight excluding hydrogens is 423 g/mol. The number of carbonyl (C=O) groups is 2. The van der Waals surface area contributed by atoms with Crippen molar-refractivity contribution in [3.8, 4) is 0 Å². The van der Waals surface area contributed by atoms with Gasteiger partial charge in [0.05, 0.1) is 11.4 Å². The minimum absolute atomic E-state index is 0.0850. The largest absolute Gasteiger partial charge is 0.490 e. The molecule has 1 aliphatic heterocycles. The predicted molar refractivity (Wildman–Crippen MR) is 99.6 cm³/mol. The molecule has 1 aliphatic rings. The van der Waals surface area contributed by atoms with E-state index in [2.05, 4.69) is 20.5 Å². The fourth-order valence-electron chi connectivity index (χ4n) is 3.03. The third-order valence-corrected chi connectivity index (χ3v) is 4.31. The lowest BCUT2D eigenvalue weighted by Crippen LogP contribution is -2.37. The highest BCUT2D eigenvalue weighted by molar-refractivity contribution is 5.77. The number of methoxy groups -OCH3 is 1. The standard InChI is InChI=1S/C16H23N5O3.C2HF3O2/c1-12-5-14(19-24-12)9-20-7-13(6-17-16(22)11-23-2)8-21-15(10-20)3-4-18-21;3-2(4,5)1(6)7/h3-5,13H,6-11H2,1-2H3,(H,17,22);(H,6,7). The zero-order chi connectivity index (χ0) is 23.0. The Morgan fingerprint density at radius 1 is 1.39 bits per heavy atom. The Morgan fingerprint density at radius 3 is 2.68 bits per heavy atom. The predicted octanol–water partition coefficient (Wildman–Crippen LogP) is 1.21. The quantitative estimate of drug-likeness (QED) is 0.678. The molecule has 0 saturated carbocycles. The number of halogens is 3. The number of aromatic nitrogens is 3. The summed E-state index contributed by atoms with van der Waals surface area (Å²) in [6.45, 7) is 5.71. The number of amides is 1. The third kappa shape index (κ3) is 8.02. The van der Waals surface area contributed by atoms with Gasteiger partial charge in [0.1, 0.15) is 12.4 Å². The number of hydrogen-bond acceptors (Lipinski definition) is 7. The molecule has 31 heavy (non-hydrogen) atoms. The fourth-order valence-corrected chi connectivity index (χ4v) is 3.03. The van der Waals surface area contributed by atoms with Gasteiger partial charge in [-0.1, -0.05) is 5.16 Å². The Morgan fingerprint density at radius 2 is 2.10 bits per heavy atom. The maximum absolute atomic E-state index is 11.6. The summed E-state index contributed by atoms with van der Waals surface area (Å²) in [4.78, 5) is 22.9. The summed E-state index contributed by atoms with van der Waals surface area (Å²) >= 11 is 0. The van der Waals surface area contributed by atoms with Gasteiger partial charge in [0.25, 0.3) is 0 Å². The lowest BCUT2D eigenvalue weighted by molar-refractivity contribution is -0.192. The number of alkyl halides is 3. The van der Waals surface area contributed by atoms with Crippen LogP contribution in [-0.4, -0.2) is 69.8 Å². The molecular formula is C18H24F3N5O5. The van der Waals surface area contributed by atoms with Gasteiger partial charge < -0.3 is 19.7 Å². The number of carboxylic acid groups (broad SMARTS) is 1. The van der Waals surface area contributed by atoms with Crippen molar-refractivity contribution in [2.24, 2.45) is 5.92 Å². The van der Waals surface area contributed by atoms with Crippen LogP contribution < -0.4 is 5.32 Å². The number of nitrogens with zero attached hydrogens (tertiary/aromatic N) is 4. The Kier molecular flexibility index (Phi) is 8.56. The Balaban J connectivity index is 0.000000423. The van der Waals surface area contributed by atoms with Crippen LogP contribution in [0.5, 0.6) is 0 Å². The SMILES string of the molecule is COCC(=O)NCC1CN(Cc2cc(C)on2)Cc2ccnn2C1.O=C(O)C(F)(F)F. The molecule has 2 aromatic heterocycles. The van der Waals surface area contributed by atoms with Gasteiger partial charge in [-0.15, -0.1) is 0 Å². The minimum Gasteiger partial charge on any atom is -0.475 e. The van der Waals surface area contributed by atoms with Crippen LogP contribution in [0.1, 0.15) is 17.1 Å². The molecule has 2 aromatic rings. The Labute approximate surface area is 175 Å². The van der Waals surface area contributed by atoms with Crippen molar-refractivity contribution in [2.75, 3.05) is 26.8 Å². The van der Waals surface area contributed by atoms with Crippen LogP contribution in [0, 0.1) is 12.8 Å². The number of nitrogens with one attached hydrogen (secondary N) is 1. The van der Waals surface area contributed by atoms with Crippen molar-refractivity contribution in [3.63, 3.8) is 0 Å². The van der Waals surface area contributed by atoms with Crippen LogP contribution in [0.3, 0.4) is 0 Å². The molecule has 0 bridgehead atoms. The number of aliphatic carboxylic acids is 1. The van der Waals surface area contributed by atoms with E-state index in [4.69, 9.17) is 19.2 Å². The molecule has 0 fully saturated rings. The van der Waals surface area contributed by atoms with Crippen molar-refractivity contribution in [2.45, 2.75) is 32.7 Å². The number of carboxylic acids is 1. The second kappa shape index (κ2) is 10.9. The molecule has 0 saturated heterocycles. The first kappa shape index (κ1) is 24.3. The molecule has 2 N–H and O–H groups in total. The van der Waals surface area contributed by atoms with Gasteiger partial charge in [0.2, 0.25) is 5.91 Å². The average Bonchev–Trinajstić information content (AvgIpc) is 3.24. The van der Waals surface area contributed by atoms with Crippen LogP contribution in [0.2, 0.25) is 0 Å². The highest BCUT2D eigenvalue weighted by atomic mass is 19.4. The Bertz CT molecular complexity index is 867. The summed E-state index contributed by atoms with van der Waals surface area (Å²) in [7, 11) is 1.52. The number of ether oxygens (including phenoxy) is 1. The van der Waals surface area contributed by atoms with Crippen LogP contribution in [-0.2, 0) is 34.0 Å². The summed E-state index contributed by atoms with van der Waals surface area (Å²) in [5.74, 6) is -1.78. The molecule has 0 aliphatic carbocycles. The summed E-state index contributed by atoms with van der Waals surface area (Å²) < 4.78 is 43.8. The molecule has 0 spiro atoms. The van der Waals surface area contributed by atoms with Gasteiger partial charge in [0, 0.05) is 58.0 Å². The summed E-state index contributed by atoms with van der Waals surface area (Å²) in [6.07, 6.45) is -3.26. The van der Waals surface area contributed by atoms with Gasteiger partial charge in [-0.05, 0) is 13.0 Å². The van der Waals surface area contributed by atoms with E-state index < -0.39 is 12.1 Å². The van der Waals surface area contributed by atoms with Crippen LogP contribution in [0.4, 0.5) is 13.2 Å². The number of fused-ring (bicyclic) bond motifs is 1. The summed E-state index contributed by atoms with van der Waals surface area (Å²) in [5.41, 5.74) is 2.09. The molecule has 1 amide bonds. The number of aryl methyl sites for hydroxylation is 1. The van der Waals surface area contributed by atoms with Crippen LogP contribution in [0.25, 0.3) is 0 Å². The zero-order valence-corrected chi connectivity index (χ0v) is 17.1. The van der Waals surface area contributed by atoms with E-state index in [-0.39, 0.29) is 18.4 Å². The monoisotopic (exact) mass is 447 g/mol. The molecule has 3 rings (SSSR count). The van der Waals surface area contributed by atoms with E-state index in [1.165, 1.54) is 12.8 Å². The summed E-state index contributed by atoms with van der Waals surface area (Å²) in [5, 5.41) is 18.5. The van der Waals surface area contributed by atoms with Crippen LogP contribution in [0.15, 0.2) is 22.9 Å². The lowest BCUT2D eigenvalue weighted by Gasteiger charge is -2.23. The van der Waals surface area contributed by atoms with Gasteiger partial charge in [-0.3, -0.25) is 14.4 Å². The first-order valence-electron chi connectivity index (χ1n) is 9.29. The van der Waals surface area contributed by atoms with Gasteiger partial charge >= 0.3 is 12.1 Å². The zero-order valence-electron chi connectivity index (χ0n) is 17.1. The van der Waals surface area contributed by atoms with Crippen molar-refractivity contribution >= 4 is 11.9 Å². The van der Waals surface area contributed by atoms with E-state index >= 15 is 0 Å². The highest BCUT2D eigenvalue weighted by Gasteiger charge is 2.38. The van der Waals surface area contributed by atoms with Crippen molar-refractivity contribution in [1.82, 2.24) is 25.2 Å². The lowest BCUT2D eigenvalue weighted by atomic mass is 10.1. The maximum Gasteiger partial charge on any atom is 0.490 e. The first-order valence-corrected chi connectivity index (χ1v) is 9.29. The van der Waals surface area contributed by atoms with E-state index in [9.17, 15) is 18.0 Å². The molecule has 13 heteroatoms. The van der Waals surface area contributed by atoms with E-state index in [0.29, 0.717) is 13.1 Å². The van der Waals surface area contributed by atoms with E-state index in [0.717, 1.165) is 31.1 Å². The van der Waals surface area contributed by atoms with Gasteiger partial charge in [0.15, 0.2) is 0 Å². The second-order valence-corrected chi connectivity index (χ2v) is 7.01. The highest BCUT2D eigenvalue weighted by Crippen LogP contribution is 2.18. The second-order valence-electron chi connectivity index (χ2n) is 7.01. The molecule has 1 atom stereocenters. The number of hydrogen-bond donors (Lipinski definition) is 2. The minimum atomic E-state index is -5.08.